The zero-order valence-corrected chi connectivity index (χ0v) is 13.6. The van der Waals surface area contributed by atoms with Gasteiger partial charge >= 0.3 is 0 Å². The molecule has 0 aliphatic carbocycles. The van der Waals surface area contributed by atoms with E-state index in [1.165, 1.54) is 24.1 Å². The first-order valence-electron chi connectivity index (χ1n) is 6.92. The molecular weight excluding hydrogens is 206 g/mol. The number of hydrogen-bond donors (Lipinski definition) is 0. The summed E-state index contributed by atoms with van der Waals surface area (Å²) in [6.45, 7) is 22.9. The monoisotopic (exact) mass is 239 g/mol. The minimum absolute atomic E-state index is 0.259. The summed E-state index contributed by atoms with van der Waals surface area (Å²) in [5.74, 6) is 0. The highest BCUT2D eigenvalue weighted by Gasteiger charge is 2.22. The van der Waals surface area contributed by atoms with E-state index in [1.54, 1.807) is 0 Å². The Hall–Kier alpha value is -0.300. The molecule has 102 valence electrons. The molecule has 0 rings (SSSR count). The molecule has 0 atom stereocenters. The largest absolute Gasteiger partial charge is 0.295 e. The van der Waals surface area contributed by atoms with Crippen LogP contribution in [0.2, 0.25) is 0 Å². The quantitative estimate of drug-likeness (QED) is 0.632. The van der Waals surface area contributed by atoms with Gasteiger partial charge in [0.05, 0.1) is 0 Å². The Balaban J connectivity index is 4.90. The van der Waals surface area contributed by atoms with Crippen LogP contribution in [-0.2, 0) is 0 Å². The molecule has 0 saturated carbocycles. The van der Waals surface area contributed by atoms with Crippen LogP contribution in [0.15, 0.2) is 11.1 Å². The number of hydrogen-bond acceptors (Lipinski definition) is 1. The van der Waals surface area contributed by atoms with E-state index in [1.807, 2.05) is 0 Å². The van der Waals surface area contributed by atoms with Gasteiger partial charge < -0.3 is 0 Å². The van der Waals surface area contributed by atoms with E-state index in [2.05, 4.69) is 67.2 Å². The lowest BCUT2D eigenvalue weighted by molar-refractivity contribution is 0.149. The molecule has 0 radical (unpaired) electrons. The SMILES string of the molecule is CCCN(C/C(C)=C(/C)C(C)(C)C)C(C)(C)C. The van der Waals surface area contributed by atoms with E-state index >= 15 is 0 Å². The summed E-state index contributed by atoms with van der Waals surface area (Å²) in [4.78, 5) is 2.58. The number of rotatable bonds is 4. The van der Waals surface area contributed by atoms with E-state index in [4.69, 9.17) is 0 Å². The van der Waals surface area contributed by atoms with Crippen molar-refractivity contribution in [3.8, 4) is 0 Å². The van der Waals surface area contributed by atoms with Crippen LogP contribution >= 0.6 is 0 Å². The van der Waals surface area contributed by atoms with Gasteiger partial charge in [-0.3, -0.25) is 4.90 Å². The third-order valence-electron chi connectivity index (χ3n) is 3.64. The Morgan fingerprint density at radius 2 is 1.41 bits per heavy atom. The summed E-state index contributed by atoms with van der Waals surface area (Å²) in [6.07, 6.45) is 1.22. The van der Waals surface area contributed by atoms with Crippen molar-refractivity contribution in [2.45, 2.75) is 74.3 Å². The molecule has 0 aliphatic rings. The highest BCUT2D eigenvalue weighted by Crippen LogP contribution is 2.28. The third kappa shape index (κ3) is 5.72. The van der Waals surface area contributed by atoms with Crippen molar-refractivity contribution in [2.75, 3.05) is 13.1 Å². The normalized spacial score (nSPS) is 15.2. The van der Waals surface area contributed by atoms with Crippen molar-refractivity contribution in [1.29, 1.82) is 0 Å². The average Bonchev–Trinajstić information content (AvgIpc) is 2.12. The van der Waals surface area contributed by atoms with Gasteiger partial charge in [-0.05, 0) is 53.0 Å². The van der Waals surface area contributed by atoms with Crippen molar-refractivity contribution in [1.82, 2.24) is 4.90 Å². The maximum absolute atomic E-state index is 2.58. The van der Waals surface area contributed by atoms with Gasteiger partial charge in [0.25, 0.3) is 0 Å². The molecule has 17 heavy (non-hydrogen) atoms. The van der Waals surface area contributed by atoms with Crippen LogP contribution in [0, 0.1) is 5.41 Å². The number of allylic oxidation sites excluding steroid dienone is 1. The maximum Gasteiger partial charge on any atom is 0.0198 e. The molecule has 0 bridgehead atoms. The van der Waals surface area contributed by atoms with E-state index in [9.17, 15) is 0 Å². The van der Waals surface area contributed by atoms with Crippen LogP contribution < -0.4 is 0 Å². The van der Waals surface area contributed by atoms with Gasteiger partial charge in [-0.1, -0.05) is 38.8 Å². The van der Waals surface area contributed by atoms with E-state index < -0.39 is 0 Å². The fraction of sp³-hybridized carbons (Fsp3) is 0.875. The molecule has 0 aliphatic heterocycles. The van der Waals surface area contributed by atoms with Crippen LogP contribution in [0.1, 0.15) is 68.7 Å². The Morgan fingerprint density at radius 1 is 0.941 bits per heavy atom. The minimum Gasteiger partial charge on any atom is -0.295 e. The van der Waals surface area contributed by atoms with E-state index in [-0.39, 0.29) is 5.54 Å². The van der Waals surface area contributed by atoms with Gasteiger partial charge in [0, 0.05) is 12.1 Å². The van der Waals surface area contributed by atoms with Crippen LogP contribution in [-0.4, -0.2) is 23.5 Å². The fourth-order valence-corrected chi connectivity index (χ4v) is 1.97. The lowest BCUT2D eigenvalue weighted by Gasteiger charge is -2.37. The van der Waals surface area contributed by atoms with Crippen LogP contribution in [0.25, 0.3) is 0 Å². The highest BCUT2D eigenvalue weighted by atomic mass is 15.2. The molecule has 0 saturated heterocycles. The molecule has 0 unspecified atom stereocenters. The molecule has 0 aromatic carbocycles. The van der Waals surface area contributed by atoms with Crippen molar-refractivity contribution < 1.29 is 0 Å². The Labute approximate surface area is 109 Å². The third-order valence-corrected chi connectivity index (χ3v) is 3.64. The zero-order valence-electron chi connectivity index (χ0n) is 13.6. The van der Waals surface area contributed by atoms with Crippen molar-refractivity contribution >= 4 is 0 Å². The predicted octanol–water partition coefficient (Wildman–Crippen LogP) is 4.88. The second-order valence-corrected chi connectivity index (χ2v) is 7.25. The lowest BCUT2D eigenvalue weighted by atomic mass is 9.84. The zero-order chi connectivity index (χ0) is 13.9. The van der Waals surface area contributed by atoms with E-state index in [0.717, 1.165) is 6.54 Å². The Bertz CT molecular complexity index is 260. The minimum atomic E-state index is 0.259. The lowest BCUT2D eigenvalue weighted by Crippen LogP contribution is -2.43. The molecule has 0 aromatic rings. The van der Waals surface area contributed by atoms with Crippen molar-refractivity contribution in [2.24, 2.45) is 5.41 Å². The molecule has 1 nitrogen and oxygen atoms in total. The van der Waals surface area contributed by atoms with Crippen molar-refractivity contribution in [3.63, 3.8) is 0 Å². The average molecular weight is 239 g/mol. The van der Waals surface area contributed by atoms with E-state index in [0.29, 0.717) is 5.41 Å². The molecule has 0 spiro atoms. The van der Waals surface area contributed by atoms with Gasteiger partial charge in [0.1, 0.15) is 0 Å². The molecule has 1 heteroatoms. The smallest absolute Gasteiger partial charge is 0.0198 e. The number of nitrogens with zero attached hydrogens (tertiary/aromatic N) is 1. The van der Waals surface area contributed by atoms with Crippen LogP contribution in [0.5, 0.6) is 0 Å². The highest BCUT2D eigenvalue weighted by molar-refractivity contribution is 5.17. The topological polar surface area (TPSA) is 3.24 Å². The van der Waals surface area contributed by atoms with Gasteiger partial charge in [-0.15, -0.1) is 0 Å². The van der Waals surface area contributed by atoms with Gasteiger partial charge in [-0.2, -0.15) is 0 Å². The first-order chi connectivity index (χ1) is 7.50. The molecule has 0 aromatic heterocycles. The summed E-state index contributed by atoms with van der Waals surface area (Å²) >= 11 is 0. The molecule has 0 amide bonds. The Kier molecular flexibility index (Phi) is 5.93. The second kappa shape index (κ2) is 6.04. The van der Waals surface area contributed by atoms with Crippen molar-refractivity contribution in [3.05, 3.63) is 11.1 Å². The van der Waals surface area contributed by atoms with Crippen LogP contribution in [0.3, 0.4) is 0 Å². The molecule has 0 fully saturated rings. The standard InChI is InChI=1S/C16H33N/c1-10-11-17(16(7,8)9)12-13(2)14(3)15(4,5)6/h10-12H2,1-9H3/b14-13-. The summed E-state index contributed by atoms with van der Waals surface area (Å²) in [5.41, 5.74) is 3.61. The summed E-state index contributed by atoms with van der Waals surface area (Å²) < 4.78 is 0. The summed E-state index contributed by atoms with van der Waals surface area (Å²) in [7, 11) is 0. The molecular formula is C16H33N. The van der Waals surface area contributed by atoms with Crippen LogP contribution in [0.4, 0.5) is 0 Å². The molecule has 0 N–H and O–H groups in total. The van der Waals surface area contributed by atoms with Gasteiger partial charge in [0.2, 0.25) is 0 Å². The second-order valence-electron chi connectivity index (χ2n) is 7.25. The summed E-state index contributed by atoms with van der Waals surface area (Å²) in [5, 5.41) is 0. The first-order valence-corrected chi connectivity index (χ1v) is 6.92. The van der Waals surface area contributed by atoms with Gasteiger partial charge in [0.15, 0.2) is 0 Å². The first kappa shape index (κ1) is 16.7. The Morgan fingerprint density at radius 3 is 1.71 bits per heavy atom. The predicted molar refractivity (Wildman–Crippen MR) is 79.4 cm³/mol. The molecule has 0 heterocycles. The fourth-order valence-electron chi connectivity index (χ4n) is 1.97. The van der Waals surface area contributed by atoms with Gasteiger partial charge in [-0.25, -0.2) is 0 Å². The maximum atomic E-state index is 2.58. The summed E-state index contributed by atoms with van der Waals surface area (Å²) in [6, 6.07) is 0.